The molecule has 0 radical (unpaired) electrons. The molecule has 3 aromatic heterocycles. The Balaban J connectivity index is 1.27. The highest BCUT2D eigenvalue weighted by atomic mass is 19.1. The Morgan fingerprint density at radius 3 is 2.32 bits per heavy atom. The molecule has 0 spiro atoms. The summed E-state index contributed by atoms with van der Waals surface area (Å²) < 4.78 is 15.3. The molecule has 3 heterocycles. The summed E-state index contributed by atoms with van der Waals surface area (Å²) in [7, 11) is 0. The number of nitrogens with zero attached hydrogens (tertiary/aromatic N) is 4. The minimum atomic E-state index is -0.484. The van der Waals surface area contributed by atoms with E-state index in [1.54, 1.807) is 16.6 Å². The maximum Gasteiger partial charge on any atom is 0.165 e. The topological polar surface area (TPSA) is 89.3 Å². The Morgan fingerprint density at radius 1 is 0.878 bits per heavy atom. The first kappa shape index (κ1) is 24.3. The number of aliphatic hydroxyl groups excluding tert-OH is 1. The van der Waals surface area contributed by atoms with Crippen LogP contribution in [0.15, 0.2) is 97.2 Å². The van der Waals surface area contributed by atoms with Crippen LogP contribution in [0.2, 0.25) is 0 Å². The molecule has 3 unspecified atom stereocenters. The van der Waals surface area contributed by atoms with E-state index < -0.39 is 5.54 Å². The fourth-order valence-corrected chi connectivity index (χ4v) is 6.59. The molecule has 0 amide bonds. The molecular weight excluding hydrogens is 513 g/mol. The van der Waals surface area contributed by atoms with Crippen LogP contribution in [0.5, 0.6) is 0 Å². The summed E-state index contributed by atoms with van der Waals surface area (Å²) in [6.07, 6.45) is 4.41. The van der Waals surface area contributed by atoms with E-state index in [-0.39, 0.29) is 17.8 Å². The van der Waals surface area contributed by atoms with Crippen LogP contribution in [0, 0.1) is 17.7 Å². The minimum Gasteiger partial charge on any atom is -0.393 e. The van der Waals surface area contributed by atoms with Crippen molar-refractivity contribution in [2.45, 2.75) is 30.9 Å². The predicted molar refractivity (Wildman–Crippen MR) is 157 cm³/mol. The van der Waals surface area contributed by atoms with Gasteiger partial charge in [-0.2, -0.15) is 9.61 Å². The van der Waals surface area contributed by atoms with Gasteiger partial charge in [0, 0.05) is 45.8 Å². The molecule has 202 valence electrons. The number of benzene rings is 3. The van der Waals surface area contributed by atoms with E-state index in [0.29, 0.717) is 29.3 Å². The molecule has 0 aliphatic heterocycles. The Labute approximate surface area is 236 Å². The lowest BCUT2D eigenvalue weighted by molar-refractivity contribution is -0.0679. The van der Waals surface area contributed by atoms with Gasteiger partial charge in [0.15, 0.2) is 11.3 Å². The van der Waals surface area contributed by atoms with Crippen molar-refractivity contribution in [1.82, 2.24) is 19.6 Å². The highest BCUT2D eigenvalue weighted by Crippen LogP contribution is 2.55. The molecule has 7 heteroatoms. The average Bonchev–Trinajstić information content (AvgIpc) is 3.71. The van der Waals surface area contributed by atoms with Gasteiger partial charge in [-0.15, -0.1) is 0 Å². The van der Waals surface area contributed by atoms with Crippen molar-refractivity contribution in [3.8, 4) is 33.6 Å². The number of aromatic nitrogens is 4. The number of pyridine rings is 1. The van der Waals surface area contributed by atoms with Gasteiger partial charge >= 0.3 is 0 Å². The average molecular weight is 542 g/mol. The van der Waals surface area contributed by atoms with Crippen molar-refractivity contribution in [3.05, 3.63) is 109 Å². The lowest BCUT2D eigenvalue weighted by atomic mass is 9.59. The molecule has 6 nitrogen and oxygen atoms in total. The molecule has 3 aromatic carbocycles. The molecule has 41 heavy (non-hydrogen) atoms. The number of hydrogen-bond acceptors (Lipinski definition) is 5. The zero-order chi connectivity index (χ0) is 27.7. The Hall–Kier alpha value is -4.46. The second kappa shape index (κ2) is 9.03. The molecule has 0 saturated heterocycles. The zero-order valence-electron chi connectivity index (χ0n) is 22.3. The van der Waals surface area contributed by atoms with E-state index in [1.807, 2.05) is 30.5 Å². The first-order valence-electron chi connectivity index (χ1n) is 14.1. The highest BCUT2D eigenvalue weighted by molar-refractivity contribution is 5.91. The molecule has 2 saturated carbocycles. The van der Waals surface area contributed by atoms with Crippen molar-refractivity contribution in [2.75, 3.05) is 0 Å². The quantitative estimate of drug-likeness (QED) is 0.265. The van der Waals surface area contributed by atoms with Gasteiger partial charge in [0.2, 0.25) is 0 Å². The molecule has 8 rings (SSSR count). The van der Waals surface area contributed by atoms with Crippen LogP contribution in [0.3, 0.4) is 0 Å². The van der Waals surface area contributed by atoms with E-state index >= 15 is 0 Å². The standard InChI is InChI=1S/C34H28FN5O/c35-26-14-10-21(11-15-26)28-17-30-37-19-24-16-27(20-4-2-1-3-5-20)32(38-33(24)40(30)39-28)23-8-12-25(13-9-23)34(36)18-29(41)31(34)22-6-7-22/h1-5,8-17,19,22,29,31,41H,6-7,18,36H2. The van der Waals surface area contributed by atoms with E-state index in [0.717, 1.165) is 51.7 Å². The summed E-state index contributed by atoms with van der Waals surface area (Å²) in [4.78, 5) is 9.84. The first-order chi connectivity index (χ1) is 20.0. The summed E-state index contributed by atoms with van der Waals surface area (Å²) in [5.74, 6) is 0.368. The van der Waals surface area contributed by atoms with Crippen molar-refractivity contribution >= 4 is 16.7 Å². The molecule has 2 aliphatic carbocycles. The van der Waals surface area contributed by atoms with Crippen molar-refractivity contribution < 1.29 is 9.50 Å². The Morgan fingerprint density at radius 2 is 1.61 bits per heavy atom. The molecule has 2 fully saturated rings. The van der Waals surface area contributed by atoms with E-state index in [4.69, 9.17) is 15.8 Å². The van der Waals surface area contributed by atoms with Crippen LogP contribution >= 0.6 is 0 Å². The third kappa shape index (κ3) is 3.96. The Bertz CT molecular complexity index is 1910. The second-order valence-corrected chi connectivity index (χ2v) is 11.5. The summed E-state index contributed by atoms with van der Waals surface area (Å²) in [6.45, 7) is 0. The van der Waals surface area contributed by atoms with Crippen molar-refractivity contribution in [1.29, 1.82) is 0 Å². The molecule has 3 N–H and O–H groups in total. The smallest absolute Gasteiger partial charge is 0.165 e. The maximum absolute atomic E-state index is 13.5. The number of aliphatic hydroxyl groups is 1. The Kier molecular flexibility index (Phi) is 5.36. The minimum absolute atomic E-state index is 0.128. The number of halogens is 1. The van der Waals surface area contributed by atoms with Gasteiger partial charge in [-0.1, -0.05) is 54.6 Å². The molecular formula is C34H28FN5O. The van der Waals surface area contributed by atoms with Crippen LogP contribution in [0.1, 0.15) is 24.8 Å². The molecule has 3 atom stereocenters. The summed E-state index contributed by atoms with van der Waals surface area (Å²) >= 11 is 0. The normalized spacial score (nSPS) is 22.2. The second-order valence-electron chi connectivity index (χ2n) is 11.5. The highest BCUT2D eigenvalue weighted by Gasteiger charge is 2.57. The van der Waals surface area contributed by atoms with Crippen LogP contribution in [-0.2, 0) is 5.54 Å². The third-order valence-corrected chi connectivity index (χ3v) is 8.86. The third-order valence-electron chi connectivity index (χ3n) is 8.86. The summed E-state index contributed by atoms with van der Waals surface area (Å²) in [5.41, 5.74) is 14.2. The van der Waals surface area contributed by atoms with Gasteiger partial charge in [-0.25, -0.2) is 14.4 Å². The number of rotatable bonds is 5. The number of fused-ring (bicyclic) bond motifs is 3. The molecule has 2 aliphatic rings. The van der Waals surface area contributed by atoms with E-state index in [2.05, 4.69) is 47.4 Å². The van der Waals surface area contributed by atoms with Gasteiger partial charge < -0.3 is 10.8 Å². The van der Waals surface area contributed by atoms with Crippen molar-refractivity contribution in [2.24, 2.45) is 17.6 Å². The number of nitrogens with two attached hydrogens (primary N) is 1. The fourth-order valence-electron chi connectivity index (χ4n) is 6.59. The number of hydrogen-bond donors (Lipinski definition) is 2. The van der Waals surface area contributed by atoms with Gasteiger partial charge in [0.1, 0.15) is 5.82 Å². The lowest BCUT2D eigenvalue weighted by Crippen LogP contribution is -2.61. The van der Waals surface area contributed by atoms with Gasteiger partial charge in [-0.3, -0.25) is 0 Å². The summed E-state index contributed by atoms with van der Waals surface area (Å²) in [6, 6.07) is 28.9. The van der Waals surface area contributed by atoms with Crippen LogP contribution in [0.25, 0.3) is 50.3 Å². The maximum atomic E-state index is 13.5. The van der Waals surface area contributed by atoms with E-state index in [1.165, 1.54) is 12.1 Å². The van der Waals surface area contributed by atoms with Gasteiger partial charge in [0.05, 0.1) is 17.5 Å². The van der Waals surface area contributed by atoms with Gasteiger partial charge in [0.25, 0.3) is 0 Å². The van der Waals surface area contributed by atoms with Crippen LogP contribution < -0.4 is 5.73 Å². The SMILES string of the molecule is NC1(c2ccc(-c3nc4c(cnc5cc(-c6ccc(F)cc6)nn54)cc3-c3ccccc3)cc2)CC(O)C1C1CC1. The van der Waals surface area contributed by atoms with E-state index in [9.17, 15) is 9.50 Å². The monoisotopic (exact) mass is 541 g/mol. The summed E-state index contributed by atoms with van der Waals surface area (Å²) in [5, 5.41) is 16.1. The van der Waals surface area contributed by atoms with Crippen molar-refractivity contribution in [3.63, 3.8) is 0 Å². The van der Waals surface area contributed by atoms with Crippen LogP contribution in [0.4, 0.5) is 4.39 Å². The lowest BCUT2D eigenvalue weighted by Gasteiger charge is -2.51. The molecule has 6 aromatic rings. The fraction of sp³-hybridized carbons (Fsp3) is 0.206. The van der Waals surface area contributed by atoms with Gasteiger partial charge in [-0.05, 0) is 66.6 Å². The molecule has 0 bridgehead atoms. The zero-order valence-corrected chi connectivity index (χ0v) is 22.3. The largest absolute Gasteiger partial charge is 0.393 e. The first-order valence-corrected chi connectivity index (χ1v) is 14.1. The van der Waals surface area contributed by atoms with Crippen LogP contribution in [-0.4, -0.2) is 30.8 Å². The predicted octanol–water partition coefficient (Wildman–Crippen LogP) is 6.36.